The number of nitrogens with one attached hydrogen (secondary N) is 1. The third-order valence-corrected chi connectivity index (χ3v) is 2.36. The van der Waals surface area contributed by atoms with Gasteiger partial charge in [0.05, 0.1) is 7.11 Å². The van der Waals surface area contributed by atoms with Crippen molar-refractivity contribution in [1.82, 2.24) is 14.9 Å². The van der Waals surface area contributed by atoms with E-state index in [1.807, 2.05) is 24.3 Å². The van der Waals surface area contributed by atoms with E-state index in [-0.39, 0.29) is 6.03 Å². The summed E-state index contributed by atoms with van der Waals surface area (Å²) in [5.74, 6) is 0.762. The largest absolute Gasteiger partial charge is 0.496 e. The maximum Gasteiger partial charge on any atom is 0.327 e. The van der Waals surface area contributed by atoms with Gasteiger partial charge in [-0.2, -0.15) is 0 Å². The standard InChI is InChI=1S/C12H13N3O2/c1-17-11-5-3-2-4-10(11)8-14-12(16)15-7-6-13-9-15/h2-7,9H,8H2,1H3,(H,14,16). The summed E-state index contributed by atoms with van der Waals surface area (Å²) in [6, 6.07) is 7.35. The molecule has 5 heteroatoms. The van der Waals surface area contributed by atoms with E-state index in [4.69, 9.17) is 4.74 Å². The molecule has 0 saturated heterocycles. The van der Waals surface area contributed by atoms with Crippen LogP contribution in [0.25, 0.3) is 0 Å². The van der Waals surface area contributed by atoms with E-state index >= 15 is 0 Å². The zero-order valence-electron chi connectivity index (χ0n) is 9.46. The van der Waals surface area contributed by atoms with Gasteiger partial charge in [-0.1, -0.05) is 18.2 Å². The first kappa shape index (κ1) is 11.2. The number of amides is 1. The lowest BCUT2D eigenvalue weighted by Crippen LogP contribution is -2.27. The first-order valence-electron chi connectivity index (χ1n) is 5.19. The lowest BCUT2D eigenvalue weighted by Gasteiger charge is -2.09. The SMILES string of the molecule is COc1ccccc1CNC(=O)n1ccnc1. The van der Waals surface area contributed by atoms with Gasteiger partial charge in [-0.15, -0.1) is 0 Å². The smallest absolute Gasteiger partial charge is 0.327 e. The van der Waals surface area contributed by atoms with Crippen LogP contribution in [0.1, 0.15) is 5.56 Å². The molecule has 0 spiro atoms. The number of benzene rings is 1. The van der Waals surface area contributed by atoms with Crippen LogP contribution in [0.2, 0.25) is 0 Å². The second-order valence-corrected chi connectivity index (χ2v) is 3.44. The monoisotopic (exact) mass is 231 g/mol. The molecule has 0 radical (unpaired) electrons. The Balaban J connectivity index is 2.00. The van der Waals surface area contributed by atoms with Crippen LogP contribution < -0.4 is 10.1 Å². The number of ether oxygens (including phenoxy) is 1. The first-order valence-corrected chi connectivity index (χ1v) is 5.19. The average Bonchev–Trinajstić information content (AvgIpc) is 2.90. The molecular formula is C12H13N3O2. The Bertz CT molecular complexity index is 494. The van der Waals surface area contributed by atoms with Crippen molar-refractivity contribution in [2.75, 3.05) is 7.11 Å². The van der Waals surface area contributed by atoms with Crippen molar-refractivity contribution in [2.45, 2.75) is 6.54 Å². The number of rotatable bonds is 3. The fourth-order valence-electron chi connectivity index (χ4n) is 1.49. The van der Waals surface area contributed by atoms with Crippen molar-refractivity contribution in [3.8, 4) is 5.75 Å². The Morgan fingerprint density at radius 3 is 3.00 bits per heavy atom. The summed E-state index contributed by atoms with van der Waals surface area (Å²) in [5.41, 5.74) is 0.934. The highest BCUT2D eigenvalue weighted by molar-refractivity contribution is 5.76. The summed E-state index contributed by atoms with van der Waals surface area (Å²) in [4.78, 5) is 15.5. The Kier molecular flexibility index (Phi) is 3.40. The van der Waals surface area contributed by atoms with Crippen molar-refractivity contribution in [2.24, 2.45) is 0 Å². The minimum Gasteiger partial charge on any atom is -0.496 e. The molecule has 1 heterocycles. The highest BCUT2D eigenvalue weighted by atomic mass is 16.5. The predicted molar refractivity (Wildman–Crippen MR) is 62.9 cm³/mol. The third kappa shape index (κ3) is 2.63. The Labute approximate surface area is 99.0 Å². The Hall–Kier alpha value is -2.30. The molecule has 0 bridgehead atoms. The summed E-state index contributed by atoms with van der Waals surface area (Å²) < 4.78 is 6.58. The van der Waals surface area contributed by atoms with Gasteiger partial charge >= 0.3 is 6.03 Å². The molecular weight excluding hydrogens is 218 g/mol. The Morgan fingerprint density at radius 1 is 1.47 bits per heavy atom. The van der Waals surface area contributed by atoms with Crippen LogP contribution in [0.3, 0.4) is 0 Å². The molecule has 0 aliphatic rings. The van der Waals surface area contributed by atoms with E-state index in [0.717, 1.165) is 11.3 Å². The van der Waals surface area contributed by atoms with E-state index in [0.29, 0.717) is 6.54 Å². The summed E-state index contributed by atoms with van der Waals surface area (Å²) in [6.07, 6.45) is 4.61. The number of nitrogens with zero attached hydrogens (tertiary/aromatic N) is 2. The number of carbonyl (C=O) groups excluding carboxylic acids is 1. The molecule has 1 aromatic carbocycles. The predicted octanol–water partition coefficient (Wildman–Crippen LogP) is 1.65. The second kappa shape index (κ2) is 5.16. The molecule has 0 saturated carbocycles. The van der Waals surface area contributed by atoms with Crippen LogP contribution in [0.4, 0.5) is 4.79 Å². The van der Waals surface area contributed by atoms with E-state index in [1.54, 1.807) is 19.5 Å². The molecule has 1 N–H and O–H groups in total. The molecule has 88 valence electrons. The van der Waals surface area contributed by atoms with Gasteiger partial charge in [0.25, 0.3) is 0 Å². The first-order chi connectivity index (χ1) is 8.31. The van der Waals surface area contributed by atoms with E-state index in [1.165, 1.54) is 10.9 Å². The normalized spacial score (nSPS) is 9.94. The van der Waals surface area contributed by atoms with E-state index in [9.17, 15) is 4.79 Å². The summed E-state index contributed by atoms with van der Waals surface area (Å²) >= 11 is 0. The molecule has 5 nitrogen and oxygen atoms in total. The van der Waals surface area contributed by atoms with Gasteiger partial charge in [0.1, 0.15) is 12.1 Å². The van der Waals surface area contributed by atoms with Gasteiger partial charge in [0.2, 0.25) is 0 Å². The van der Waals surface area contributed by atoms with Gasteiger partial charge in [0.15, 0.2) is 0 Å². The van der Waals surface area contributed by atoms with E-state index in [2.05, 4.69) is 10.3 Å². The average molecular weight is 231 g/mol. The number of carbonyl (C=O) groups is 1. The van der Waals surface area contributed by atoms with Crippen LogP contribution in [-0.2, 0) is 6.54 Å². The van der Waals surface area contributed by atoms with E-state index < -0.39 is 0 Å². The van der Waals surface area contributed by atoms with Crippen LogP contribution in [-0.4, -0.2) is 22.7 Å². The molecule has 1 amide bonds. The van der Waals surface area contributed by atoms with Gasteiger partial charge in [-0.3, -0.25) is 4.57 Å². The van der Waals surface area contributed by atoms with Crippen molar-refractivity contribution >= 4 is 6.03 Å². The molecule has 0 fully saturated rings. The summed E-state index contributed by atoms with van der Waals surface area (Å²) in [7, 11) is 1.61. The fraction of sp³-hybridized carbons (Fsp3) is 0.167. The molecule has 0 atom stereocenters. The number of hydrogen-bond acceptors (Lipinski definition) is 3. The van der Waals surface area contributed by atoms with Gasteiger partial charge in [-0.25, -0.2) is 9.78 Å². The van der Waals surface area contributed by atoms with Crippen molar-refractivity contribution < 1.29 is 9.53 Å². The highest BCUT2D eigenvalue weighted by Gasteiger charge is 2.05. The molecule has 1 aromatic heterocycles. The van der Waals surface area contributed by atoms with Crippen molar-refractivity contribution in [3.05, 3.63) is 48.5 Å². The van der Waals surface area contributed by atoms with Crippen LogP contribution in [0.5, 0.6) is 5.75 Å². The second-order valence-electron chi connectivity index (χ2n) is 3.44. The van der Waals surface area contributed by atoms with Crippen LogP contribution >= 0.6 is 0 Å². The number of imidazole rings is 1. The molecule has 17 heavy (non-hydrogen) atoms. The topological polar surface area (TPSA) is 56.1 Å². The Morgan fingerprint density at radius 2 is 2.29 bits per heavy atom. The van der Waals surface area contributed by atoms with Gasteiger partial charge in [0, 0.05) is 24.5 Å². The molecule has 0 aliphatic heterocycles. The number of hydrogen-bond donors (Lipinski definition) is 1. The molecule has 0 aliphatic carbocycles. The van der Waals surface area contributed by atoms with Gasteiger partial charge in [-0.05, 0) is 6.07 Å². The van der Waals surface area contributed by atoms with Crippen molar-refractivity contribution in [3.63, 3.8) is 0 Å². The molecule has 0 unspecified atom stereocenters. The minimum absolute atomic E-state index is 0.214. The number of para-hydroxylation sites is 1. The lowest BCUT2D eigenvalue weighted by molar-refractivity contribution is 0.242. The quantitative estimate of drug-likeness (QED) is 0.873. The zero-order valence-corrected chi connectivity index (χ0v) is 9.46. The maximum atomic E-state index is 11.6. The minimum atomic E-state index is -0.214. The number of methoxy groups -OCH3 is 1. The lowest BCUT2D eigenvalue weighted by atomic mass is 10.2. The molecule has 2 rings (SSSR count). The van der Waals surface area contributed by atoms with Crippen LogP contribution in [0.15, 0.2) is 43.0 Å². The maximum absolute atomic E-state index is 11.6. The zero-order chi connectivity index (χ0) is 12.1. The van der Waals surface area contributed by atoms with Crippen molar-refractivity contribution in [1.29, 1.82) is 0 Å². The van der Waals surface area contributed by atoms with Crippen LogP contribution in [0, 0.1) is 0 Å². The fourth-order valence-corrected chi connectivity index (χ4v) is 1.49. The van der Waals surface area contributed by atoms with Gasteiger partial charge < -0.3 is 10.1 Å². The third-order valence-electron chi connectivity index (χ3n) is 2.36. The summed E-state index contributed by atoms with van der Waals surface area (Å²) in [6.45, 7) is 0.418. The number of aromatic nitrogens is 2. The molecule has 2 aromatic rings. The highest BCUT2D eigenvalue weighted by Crippen LogP contribution is 2.16. The summed E-state index contributed by atoms with van der Waals surface area (Å²) in [5, 5.41) is 2.78.